The monoisotopic (exact) mass is 416 g/mol. The molecule has 0 fully saturated rings. The molecule has 2 N–H and O–H groups in total. The van der Waals surface area contributed by atoms with E-state index in [0.29, 0.717) is 23.9 Å². The number of hydrogen-bond donors (Lipinski definition) is 2. The van der Waals surface area contributed by atoms with E-state index < -0.39 is 17.2 Å². The van der Waals surface area contributed by atoms with Crippen LogP contribution in [0.5, 0.6) is 5.75 Å². The zero-order valence-electron chi connectivity index (χ0n) is 16.9. The molecule has 1 aromatic heterocycles. The molecule has 4 rings (SSSR count). The molecule has 1 heterocycles. The Labute approximate surface area is 178 Å². The SMILES string of the molecule is Cn1c(=O)c(O)c(C(=O)NCCc2ccc(-c3ccc(F)cc3)cc2)c2ccccc21. The molecule has 5 nitrogen and oxygen atoms in total. The van der Waals surface area contributed by atoms with Crippen molar-refractivity contribution < 1.29 is 14.3 Å². The van der Waals surface area contributed by atoms with Gasteiger partial charge in [0.25, 0.3) is 11.5 Å². The summed E-state index contributed by atoms with van der Waals surface area (Å²) in [6, 6.07) is 21.1. The van der Waals surface area contributed by atoms with Crippen LogP contribution in [0.15, 0.2) is 77.6 Å². The van der Waals surface area contributed by atoms with Gasteiger partial charge in [0, 0.05) is 19.0 Å². The molecule has 0 aliphatic rings. The van der Waals surface area contributed by atoms with Gasteiger partial charge in [-0.2, -0.15) is 0 Å². The number of aryl methyl sites for hydroxylation is 1. The molecule has 0 aliphatic heterocycles. The zero-order chi connectivity index (χ0) is 22.0. The molecule has 4 aromatic rings. The molecule has 0 atom stereocenters. The van der Waals surface area contributed by atoms with E-state index in [1.807, 2.05) is 24.3 Å². The summed E-state index contributed by atoms with van der Waals surface area (Å²) in [6.07, 6.45) is 0.582. The first kappa shape index (κ1) is 20.3. The molecule has 156 valence electrons. The largest absolute Gasteiger partial charge is 0.502 e. The lowest BCUT2D eigenvalue weighted by Gasteiger charge is -2.12. The van der Waals surface area contributed by atoms with Crippen molar-refractivity contribution >= 4 is 16.8 Å². The molecule has 1 amide bonds. The average molecular weight is 416 g/mol. The molecule has 6 heteroatoms. The first-order valence-corrected chi connectivity index (χ1v) is 9.89. The number of pyridine rings is 1. The van der Waals surface area contributed by atoms with Crippen LogP contribution in [0.2, 0.25) is 0 Å². The minimum absolute atomic E-state index is 0.00893. The fourth-order valence-electron chi connectivity index (χ4n) is 3.63. The van der Waals surface area contributed by atoms with Crippen LogP contribution in [-0.4, -0.2) is 22.1 Å². The third-order valence-electron chi connectivity index (χ3n) is 5.34. The van der Waals surface area contributed by atoms with Gasteiger partial charge in [0.15, 0.2) is 5.75 Å². The lowest BCUT2D eigenvalue weighted by molar-refractivity contribution is 0.0953. The highest BCUT2D eigenvalue weighted by molar-refractivity contribution is 6.08. The number of carbonyl (C=O) groups is 1. The number of para-hydroxylation sites is 1. The van der Waals surface area contributed by atoms with Gasteiger partial charge < -0.3 is 15.0 Å². The molecule has 0 saturated heterocycles. The molecular formula is C25H21FN2O3. The maximum absolute atomic E-state index is 13.1. The summed E-state index contributed by atoms with van der Waals surface area (Å²) in [4.78, 5) is 25.0. The molecule has 0 aliphatic carbocycles. The van der Waals surface area contributed by atoms with Crippen LogP contribution in [0, 0.1) is 5.82 Å². The van der Waals surface area contributed by atoms with Gasteiger partial charge in [0.05, 0.1) is 11.1 Å². The van der Waals surface area contributed by atoms with Gasteiger partial charge in [-0.1, -0.05) is 54.6 Å². The van der Waals surface area contributed by atoms with Gasteiger partial charge >= 0.3 is 0 Å². The molecule has 0 radical (unpaired) electrons. The molecule has 0 spiro atoms. The highest BCUT2D eigenvalue weighted by Crippen LogP contribution is 2.23. The standard InChI is InChI=1S/C25H21FN2O3/c1-28-21-5-3-2-4-20(21)22(23(29)25(28)31)24(30)27-15-14-16-6-8-17(9-7-16)18-10-12-19(26)13-11-18/h2-13,29H,14-15H2,1H3,(H,27,30). The first-order valence-electron chi connectivity index (χ1n) is 9.89. The van der Waals surface area contributed by atoms with E-state index in [4.69, 9.17) is 0 Å². The third kappa shape index (κ3) is 4.05. The molecule has 0 saturated carbocycles. The second kappa shape index (κ2) is 8.44. The van der Waals surface area contributed by atoms with Crippen LogP contribution >= 0.6 is 0 Å². The maximum Gasteiger partial charge on any atom is 0.293 e. The number of rotatable bonds is 5. The van der Waals surface area contributed by atoms with Gasteiger partial charge in [-0.05, 0) is 41.3 Å². The highest BCUT2D eigenvalue weighted by atomic mass is 19.1. The summed E-state index contributed by atoms with van der Waals surface area (Å²) in [5.41, 5.74) is 2.88. The van der Waals surface area contributed by atoms with Crippen LogP contribution in [-0.2, 0) is 13.5 Å². The smallest absolute Gasteiger partial charge is 0.293 e. The summed E-state index contributed by atoms with van der Waals surface area (Å²) in [5.74, 6) is -1.32. The summed E-state index contributed by atoms with van der Waals surface area (Å²) in [5, 5.41) is 13.6. The van der Waals surface area contributed by atoms with Crippen molar-refractivity contribution in [3.63, 3.8) is 0 Å². The Hall–Kier alpha value is -3.93. The van der Waals surface area contributed by atoms with Gasteiger partial charge in [0.1, 0.15) is 5.82 Å². The van der Waals surface area contributed by atoms with E-state index in [9.17, 15) is 19.1 Å². The van der Waals surface area contributed by atoms with E-state index in [2.05, 4.69) is 5.32 Å². The van der Waals surface area contributed by atoms with Crippen molar-refractivity contribution in [2.75, 3.05) is 6.54 Å². The number of nitrogens with zero attached hydrogens (tertiary/aromatic N) is 1. The van der Waals surface area contributed by atoms with Gasteiger partial charge in [-0.25, -0.2) is 4.39 Å². The minimum atomic E-state index is -0.611. The van der Waals surface area contributed by atoms with Gasteiger partial charge in [0.2, 0.25) is 0 Å². The Kier molecular flexibility index (Phi) is 5.54. The summed E-state index contributed by atoms with van der Waals surface area (Å²) >= 11 is 0. The Bertz CT molecular complexity index is 1310. The fraction of sp³-hybridized carbons (Fsp3) is 0.120. The lowest BCUT2D eigenvalue weighted by Crippen LogP contribution is -2.29. The molecular weight excluding hydrogens is 395 g/mol. The van der Waals surface area contributed by atoms with E-state index in [-0.39, 0.29) is 11.4 Å². The van der Waals surface area contributed by atoms with Crippen molar-refractivity contribution in [1.29, 1.82) is 0 Å². The summed E-state index contributed by atoms with van der Waals surface area (Å²) in [6.45, 7) is 0.345. The maximum atomic E-state index is 13.1. The van der Waals surface area contributed by atoms with Crippen molar-refractivity contribution in [1.82, 2.24) is 9.88 Å². The number of fused-ring (bicyclic) bond motifs is 1. The number of aromatic hydroxyl groups is 1. The van der Waals surface area contributed by atoms with E-state index in [1.54, 1.807) is 43.4 Å². The minimum Gasteiger partial charge on any atom is -0.502 e. The molecule has 3 aromatic carbocycles. The Balaban J connectivity index is 1.47. The Morgan fingerprint density at radius 1 is 0.968 bits per heavy atom. The predicted molar refractivity (Wildman–Crippen MR) is 119 cm³/mol. The number of carbonyl (C=O) groups excluding carboxylic acids is 1. The second-order valence-corrected chi connectivity index (χ2v) is 7.31. The topological polar surface area (TPSA) is 71.3 Å². The molecule has 0 bridgehead atoms. The second-order valence-electron chi connectivity index (χ2n) is 7.31. The predicted octanol–water partition coefficient (Wildman–Crippen LogP) is 4.02. The van der Waals surface area contributed by atoms with Gasteiger partial charge in [-0.15, -0.1) is 0 Å². The van der Waals surface area contributed by atoms with Crippen LogP contribution in [0.4, 0.5) is 4.39 Å². The van der Waals surface area contributed by atoms with E-state index in [0.717, 1.165) is 16.7 Å². The van der Waals surface area contributed by atoms with Gasteiger partial charge in [-0.3, -0.25) is 9.59 Å². The number of hydrogen-bond acceptors (Lipinski definition) is 3. The lowest BCUT2D eigenvalue weighted by atomic mass is 10.0. The highest BCUT2D eigenvalue weighted by Gasteiger charge is 2.20. The quantitative estimate of drug-likeness (QED) is 0.516. The summed E-state index contributed by atoms with van der Waals surface area (Å²) in [7, 11) is 1.56. The Morgan fingerprint density at radius 3 is 2.26 bits per heavy atom. The van der Waals surface area contributed by atoms with Crippen molar-refractivity contribution in [2.24, 2.45) is 7.05 Å². The van der Waals surface area contributed by atoms with E-state index >= 15 is 0 Å². The molecule has 0 unspecified atom stereocenters. The van der Waals surface area contributed by atoms with Crippen LogP contribution in [0.25, 0.3) is 22.0 Å². The number of benzene rings is 3. The number of aromatic nitrogens is 1. The first-order chi connectivity index (χ1) is 15.0. The number of halogens is 1. The van der Waals surface area contributed by atoms with Crippen molar-refractivity contribution in [3.8, 4) is 16.9 Å². The van der Waals surface area contributed by atoms with Crippen molar-refractivity contribution in [2.45, 2.75) is 6.42 Å². The van der Waals surface area contributed by atoms with E-state index in [1.165, 1.54) is 16.7 Å². The zero-order valence-corrected chi connectivity index (χ0v) is 16.9. The van der Waals surface area contributed by atoms with Crippen LogP contribution in [0.1, 0.15) is 15.9 Å². The third-order valence-corrected chi connectivity index (χ3v) is 5.34. The average Bonchev–Trinajstić information content (AvgIpc) is 2.79. The Morgan fingerprint density at radius 2 is 1.58 bits per heavy atom. The van der Waals surface area contributed by atoms with Crippen molar-refractivity contribution in [3.05, 3.63) is 100 Å². The normalized spacial score (nSPS) is 10.9. The number of amides is 1. The fourth-order valence-corrected chi connectivity index (χ4v) is 3.63. The molecule has 31 heavy (non-hydrogen) atoms. The number of nitrogens with one attached hydrogen (secondary N) is 1. The summed E-state index contributed by atoms with van der Waals surface area (Å²) < 4.78 is 14.4. The van der Waals surface area contributed by atoms with Crippen LogP contribution in [0.3, 0.4) is 0 Å². The van der Waals surface area contributed by atoms with Crippen LogP contribution < -0.4 is 10.9 Å².